The molecule has 0 aromatic heterocycles. The van der Waals surface area contributed by atoms with E-state index in [4.69, 9.17) is 4.74 Å². The maximum absolute atomic E-state index is 14.3. The fourth-order valence-corrected chi connectivity index (χ4v) is 2.91. The Bertz CT molecular complexity index is 623. The van der Waals surface area contributed by atoms with Crippen LogP contribution < -0.4 is 15.0 Å². The lowest BCUT2D eigenvalue weighted by atomic mass is 10.1. The summed E-state index contributed by atoms with van der Waals surface area (Å²) in [6.07, 6.45) is -0.0817. The smallest absolute Gasteiger partial charge is 0.267 e. The zero-order valence-electron chi connectivity index (χ0n) is 12.6. The van der Waals surface area contributed by atoms with Gasteiger partial charge < -0.3 is 9.64 Å². The molecule has 23 heavy (non-hydrogen) atoms. The number of benzene rings is 1. The minimum atomic E-state index is -0.942. The highest BCUT2D eigenvalue weighted by atomic mass is 19.1. The van der Waals surface area contributed by atoms with E-state index in [0.717, 1.165) is 0 Å². The summed E-state index contributed by atoms with van der Waals surface area (Å²) in [5, 5.41) is 2.19. The zero-order valence-corrected chi connectivity index (χ0v) is 12.6. The fraction of sp³-hybridized carbons (Fsp3) is 0.500. The van der Waals surface area contributed by atoms with E-state index < -0.39 is 24.0 Å². The molecular weight excluding hydrogens is 306 g/mol. The van der Waals surface area contributed by atoms with Crippen LogP contribution in [0.4, 0.5) is 14.5 Å². The van der Waals surface area contributed by atoms with Crippen LogP contribution in [0.1, 0.15) is 25.7 Å². The van der Waals surface area contributed by atoms with Crippen LogP contribution in [0.2, 0.25) is 0 Å². The van der Waals surface area contributed by atoms with Gasteiger partial charge in [-0.25, -0.2) is 8.78 Å². The number of hydrogen-bond donors (Lipinski definition) is 1. The molecule has 0 saturated carbocycles. The molecule has 3 rings (SSSR count). The van der Waals surface area contributed by atoms with E-state index >= 15 is 0 Å². The largest absolute Gasteiger partial charge is 0.480 e. The van der Waals surface area contributed by atoms with Crippen LogP contribution in [-0.4, -0.2) is 37.2 Å². The van der Waals surface area contributed by atoms with Crippen molar-refractivity contribution >= 4 is 17.5 Å². The van der Waals surface area contributed by atoms with Crippen molar-refractivity contribution in [1.82, 2.24) is 5.32 Å². The quantitative estimate of drug-likeness (QED) is 0.864. The van der Waals surface area contributed by atoms with E-state index in [1.54, 1.807) is 11.0 Å². The highest BCUT2D eigenvalue weighted by molar-refractivity contribution is 5.99. The van der Waals surface area contributed by atoms with Gasteiger partial charge in [0, 0.05) is 32.0 Å². The Labute approximate surface area is 132 Å². The van der Waals surface area contributed by atoms with Gasteiger partial charge in [-0.3, -0.25) is 14.9 Å². The van der Waals surface area contributed by atoms with Crippen molar-refractivity contribution in [2.75, 3.05) is 18.0 Å². The van der Waals surface area contributed by atoms with Crippen LogP contribution in [0.3, 0.4) is 0 Å². The Morgan fingerprint density at radius 3 is 2.78 bits per heavy atom. The molecule has 0 spiro atoms. The van der Waals surface area contributed by atoms with Crippen LogP contribution in [0, 0.1) is 5.82 Å². The molecule has 2 atom stereocenters. The molecule has 2 unspecified atom stereocenters. The second kappa shape index (κ2) is 6.52. The van der Waals surface area contributed by atoms with Crippen LogP contribution >= 0.6 is 0 Å². The Morgan fingerprint density at radius 1 is 1.26 bits per heavy atom. The molecule has 124 valence electrons. The summed E-state index contributed by atoms with van der Waals surface area (Å²) in [6, 6.07) is 4.29. The number of alkyl halides is 1. The Kier molecular flexibility index (Phi) is 4.45. The molecule has 0 aliphatic carbocycles. The third kappa shape index (κ3) is 3.60. The molecule has 1 N–H and O–H groups in total. The van der Waals surface area contributed by atoms with Gasteiger partial charge in [0.1, 0.15) is 17.7 Å². The number of carbonyl (C=O) groups is 2. The van der Waals surface area contributed by atoms with Gasteiger partial charge in [-0.15, -0.1) is 0 Å². The Morgan fingerprint density at radius 2 is 2.09 bits per heavy atom. The van der Waals surface area contributed by atoms with Crippen molar-refractivity contribution in [2.24, 2.45) is 0 Å². The highest BCUT2D eigenvalue weighted by Crippen LogP contribution is 2.28. The maximum atomic E-state index is 14.3. The predicted molar refractivity (Wildman–Crippen MR) is 79.5 cm³/mol. The monoisotopic (exact) mass is 324 g/mol. The number of piperidine rings is 2. The minimum absolute atomic E-state index is 0.185. The lowest BCUT2D eigenvalue weighted by molar-refractivity contribution is -0.138. The standard InChI is InChI=1S/C16H18F2N2O3/c17-10-2-1-7-20(9-10)13-4-3-11(8-12(13)18)23-14-5-6-15(21)19-16(14)22/h3-4,8,10,14H,1-2,5-7,9H2,(H,19,21,22). The first-order chi connectivity index (χ1) is 11.0. The molecule has 2 aliphatic rings. The van der Waals surface area contributed by atoms with E-state index in [1.807, 2.05) is 0 Å². The number of carbonyl (C=O) groups excluding carboxylic acids is 2. The molecular formula is C16H18F2N2O3. The van der Waals surface area contributed by atoms with Crippen molar-refractivity contribution in [1.29, 1.82) is 0 Å². The van der Waals surface area contributed by atoms with E-state index in [9.17, 15) is 18.4 Å². The van der Waals surface area contributed by atoms with Gasteiger partial charge in [0.2, 0.25) is 5.91 Å². The zero-order chi connectivity index (χ0) is 16.4. The molecule has 2 heterocycles. The molecule has 2 amide bonds. The van der Waals surface area contributed by atoms with Gasteiger partial charge in [0.25, 0.3) is 5.91 Å². The first-order valence-electron chi connectivity index (χ1n) is 7.72. The van der Waals surface area contributed by atoms with Gasteiger partial charge in [-0.2, -0.15) is 0 Å². The van der Waals surface area contributed by atoms with Crippen LogP contribution in [0.15, 0.2) is 18.2 Å². The average Bonchev–Trinajstić information content (AvgIpc) is 2.50. The van der Waals surface area contributed by atoms with Crippen LogP contribution in [0.25, 0.3) is 0 Å². The predicted octanol–water partition coefficient (Wildman–Crippen LogP) is 1.95. The number of imide groups is 1. The third-order valence-corrected chi connectivity index (χ3v) is 4.09. The summed E-state index contributed by atoms with van der Waals surface area (Å²) in [4.78, 5) is 24.4. The summed E-state index contributed by atoms with van der Waals surface area (Å²) < 4.78 is 33.2. The topological polar surface area (TPSA) is 58.6 Å². The van der Waals surface area contributed by atoms with Gasteiger partial charge in [-0.05, 0) is 25.0 Å². The minimum Gasteiger partial charge on any atom is -0.480 e. The van der Waals surface area contributed by atoms with Gasteiger partial charge in [0.05, 0.1) is 5.69 Å². The average molecular weight is 324 g/mol. The molecule has 2 aliphatic heterocycles. The fourth-order valence-electron chi connectivity index (χ4n) is 2.91. The molecule has 7 heteroatoms. The number of rotatable bonds is 3. The van der Waals surface area contributed by atoms with Crippen molar-refractivity contribution in [3.05, 3.63) is 24.0 Å². The lowest BCUT2D eigenvalue weighted by Gasteiger charge is -2.31. The van der Waals surface area contributed by atoms with E-state index in [1.165, 1.54) is 12.1 Å². The maximum Gasteiger partial charge on any atom is 0.267 e. The molecule has 2 saturated heterocycles. The SMILES string of the molecule is O=C1CCC(Oc2ccc(N3CCCC(F)C3)c(F)c2)C(=O)N1. The molecule has 0 bridgehead atoms. The number of nitrogens with zero attached hydrogens (tertiary/aromatic N) is 1. The number of nitrogens with one attached hydrogen (secondary N) is 1. The summed E-state index contributed by atoms with van der Waals surface area (Å²) >= 11 is 0. The number of ether oxygens (including phenoxy) is 1. The number of anilines is 1. The highest BCUT2D eigenvalue weighted by Gasteiger charge is 2.28. The first-order valence-corrected chi connectivity index (χ1v) is 7.72. The normalized spacial score (nSPS) is 25.2. The Hall–Kier alpha value is -2.18. The lowest BCUT2D eigenvalue weighted by Crippen LogP contribution is -2.46. The van der Waals surface area contributed by atoms with Gasteiger partial charge in [0.15, 0.2) is 6.10 Å². The second-order valence-electron chi connectivity index (χ2n) is 5.86. The van der Waals surface area contributed by atoms with E-state index in [2.05, 4.69) is 5.32 Å². The number of halogens is 2. The summed E-state index contributed by atoms with van der Waals surface area (Å²) in [5.74, 6) is -1.14. The van der Waals surface area contributed by atoms with E-state index in [-0.39, 0.29) is 31.0 Å². The summed E-state index contributed by atoms with van der Waals surface area (Å²) in [5.41, 5.74) is 0.336. The first kappa shape index (κ1) is 15.7. The van der Waals surface area contributed by atoms with Crippen LogP contribution in [0.5, 0.6) is 5.75 Å². The number of hydrogen-bond acceptors (Lipinski definition) is 4. The third-order valence-electron chi connectivity index (χ3n) is 4.09. The van der Waals surface area contributed by atoms with Crippen molar-refractivity contribution in [3.8, 4) is 5.75 Å². The van der Waals surface area contributed by atoms with Crippen molar-refractivity contribution < 1.29 is 23.1 Å². The van der Waals surface area contributed by atoms with Crippen molar-refractivity contribution in [3.63, 3.8) is 0 Å². The number of amides is 2. The molecule has 1 aromatic rings. The van der Waals surface area contributed by atoms with E-state index in [0.29, 0.717) is 25.1 Å². The molecule has 1 aromatic carbocycles. The van der Waals surface area contributed by atoms with Crippen LogP contribution in [-0.2, 0) is 9.59 Å². The second-order valence-corrected chi connectivity index (χ2v) is 5.86. The van der Waals surface area contributed by atoms with Crippen molar-refractivity contribution in [2.45, 2.75) is 38.0 Å². The molecule has 2 fully saturated rings. The summed E-state index contributed by atoms with van der Waals surface area (Å²) in [7, 11) is 0. The summed E-state index contributed by atoms with van der Waals surface area (Å²) in [6.45, 7) is 0.801. The van der Waals surface area contributed by atoms with Gasteiger partial charge in [-0.1, -0.05) is 0 Å². The molecule has 0 radical (unpaired) electrons. The Balaban J connectivity index is 1.69. The van der Waals surface area contributed by atoms with Gasteiger partial charge >= 0.3 is 0 Å². The molecule has 5 nitrogen and oxygen atoms in total.